The van der Waals surface area contributed by atoms with Crippen LogP contribution in [0.4, 0.5) is 5.69 Å². The van der Waals surface area contributed by atoms with Crippen molar-refractivity contribution in [3.8, 4) is 0 Å². The molecule has 72 valence electrons. The first kappa shape index (κ1) is 8.74. The Balaban J connectivity index is 3.06. The van der Waals surface area contributed by atoms with Crippen LogP contribution in [0.25, 0.3) is 10.9 Å². The van der Waals surface area contributed by atoms with Crippen molar-refractivity contribution in [3.63, 3.8) is 0 Å². The Morgan fingerprint density at radius 1 is 1.43 bits per heavy atom. The second-order valence-electron chi connectivity index (χ2n) is 3.33. The molecule has 2 N–H and O–H groups in total. The number of nitrogen functional groups attached to an aromatic ring is 1. The van der Waals surface area contributed by atoms with Crippen LogP contribution in [0.15, 0.2) is 23.3 Å². The van der Waals surface area contributed by atoms with Gasteiger partial charge in [-0.05, 0) is 24.6 Å². The van der Waals surface area contributed by atoms with Crippen LogP contribution in [0.2, 0.25) is 0 Å². The monoisotopic (exact) mass is 189 g/mol. The maximum Gasteiger partial charge on any atom is 0.261 e. The molecule has 0 unspecified atom stereocenters. The lowest BCUT2D eigenvalue weighted by Crippen LogP contribution is -2.18. The second kappa shape index (κ2) is 2.83. The predicted molar refractivity (Wildman–Crippen MR) is 56.1 cm³/mol. The summed E-state index contributed by atoms with van der Waals surface area (Å²) >= 11 is 0. The molecule has 0 radical (unpaired) electrons. The minimum Gasteiger partial charge on any atom is -0.398 e. The van der Waals surface area contributed by atoms with Crippen LogP contribution in [0.1, 0.15) is 5.56 Å². The van der Waals surface area contributed by atoms with E-state index >= 15 is 0 Å². The van der Waals surface area contributed by atoms with Gasteiger partial charge in [0, 0.05) is 12.7 Å². The van der Waals surface area contributed by atoms with Crippen molar-refractivity contribution in [1.82, 2.24) is 9.55 Å². The molecule has 0 saturated carbocycles. The van der Waals surface area contributed by atoms with Gasteiger partial charge >= 0.3 is 0 Å². The number of nitrogens with two attached hydrogens (primary N) is 1. The minimum absolute atomic E-state index is 0.0557. The van der Waals surface area contributed by atoms with Crippen LogP contribution in [0.5, 0.6) is 0 Å². The molecule has 0 saturated heterocycles. The lowest BCUT2D eigenvalue weighted by molar-refractivity contribution is 0.842. The molecule has 1 aromatic heterocycles. The molecule has 2 aromatic rings. The zero-order valence-electron chi connectivity index (χ0n) is 8.11. The topological polar surface area (TPSA) is 60.9 Å². The van der Waals surface area contributed by atoms with Crippen LogP contribution >= 0.6 is 0 Å². The molecular weight excluding hydrogens is 178 g/mol. The maximum absolute atomic E-state index is 11.8. The van der Waals surface area contributed by atoms with Gasteiger partial charge in [-0.3, -0.25) is 4.79 Å². The number of aryl methyl sites for hydroxylation is 2. The van der Waals surface area contributed by atoms with E-state index in [9.17, 15) is 4.79 Å². The summed E-state index contributed by atoms with van der Waals surface area (Å²) in [4.78, 5) is 15.9. The smallest absolute Gasteiger partial charge is 0.261 e. The van der Waals surface area contributed by atoms with E-state index < -0.39 is 0 Å². The number of anilines is 1. The molecule has 0 atom stereocenters. The van der Waals surface area contributed by atoms with Gasteiger partial charge in [0.05, 0.1) is 17.2 Å². The Morgan fingerprint density at radius 2 is 2.14 bits per heavy atom. The molecule has 2 rings (SSSR count). The van der Waals surface area contributed by atoms with E-state index in [1.807, 2.05) is 6.92 Å². The predicted octanol–water partition coefficient (Wildman–Crippen LogP) is 0.824. The van der Waals surface area contributed by atoms with Gasteiger partial charge in [0.25, 0.3) is 5.56 Å². The van der Waals surface area contributed by atoms with Crippen molar-refractivity contribution in [3.05, 3.63) is 34.4 Å². The maximum atomic E-state index is 11.8. The van der Waals surface area contributed by atoms with Gasteiger partial charge in [-0.2, -0.15) is 0 Å². The molecular formula is C10H11N3O. The first-order valence-electron chi connectivity index (χ1n) is 4.31. The fourth-order valence-electron chi connectivity index (χ4n) is 1.47. The van der Waals surface area contributed by atoms with Crippen molar-refractivity contribution < 1.29 is 0 Å². The van der Waals surface area contributed by atoms with Crippen LogP contribution in [-0.2, 0) is 7.05 Å². The number of hydrogen-bond acceptors (Lipinski definition) is 3. The van der Waals surface area contributed by atoms with E-state index in [1.54, 1.807) is 19.2 Å². The van der Waals surface area contributed by atoms with Gasteiger partial charge in [-0.25, -0.2) is 4.98 Å². The Labute approximate surface area is 81.0 Å². The Bertz CT molecular complexity index is 552. The number of aromatic nitrogens is 2. The lowest BCUT2D eigenvalue weighted by atomic mass is 10.1. The third-order valence-electron chi connectivity index (χ3n) is 2.39. The molecule has 0 aliphatic carbocycles. The van der Waals surface area contributed by atoms with E-state index in [-0.39, 0.29) is 5.56 Å². The van der Waals surface area contributed by atoms with Gasteiger partial charge < -0.3 is 10.3 Å². The number of hydrogen-bond donors (Lipinski definition) is 1. The molecule has 0 bridgehead atoms. The molecule has 0 aliphatic heterocycles. The zero-order chi connectivity index (χ0) is 10.3. The number of nitrogens with zero attached hydrogens (tertiary/aromatic N) is 2. The standard InChI is InChI=1S/C10H11N3O/c1-6-7(11)3-4-8-9(6)10(14)13(2)5-12-8/h3-5H,11H2,1-2H3. The van der Waals surface area contributed by atoms with Gasteiger partial charge in [-0.1, -0.05) is 0 Å². The van der Waals surface area contributed by atoms with Crippen LogP contribution in [0, 0.1) is 6.92 Å². The summed E-state index contributed by atoms with van der Waals surface area (Å²) in [5.74, 6) is 0. The van der Waals surface area contributed by atoms with E-state index in [4.69, 9.17) is 5.73 Å². The zero-order valence-corrected chi connectivity index (χ0v) is 8.11. The largest absolute Gasteiger partial charge is 0.398 e. The summed E-state index contributed by atoms with van der Waals surface area (Å²) in [5.41, 5.74) is 7.80. The van der Waals surface area contributed by atoms with Crippen molar-refractivity contribution in [2.75, 3.05) is 5.73 Å². The molecule has 0 fully saturated rings. The summed E-state index contributed by atoms with van der Waals surface area (Å²) < 4.78 is 1.45. The first-order valence-corrected chi connectivity index (χ1v) is 4.31. The fraction of sp³-hybridized carbons (Fsp3) is 0.200. The fourth-order valence-corrected chi connectivity index (χ4v) is 1.47. The highest BCUT2D eigenvalue weighted by molar-refractivity contribution is 5.85. The van der Waals surface area contributed by atoms with E-state index in [0.717, 1.165) is 5.56 Å². The highest BCUT2D eigenvalue weighted by atomic mass is 16.1. The summed E-state index contributed by atoms with van der Waals surface area (Å²) in [6.07, 6.45) is 1.51. The van der Waals surface area contributed by atoms with Gasteiger partial charge in [0.15, 0.2) is 0 Å². The van der Waals surface area contributed by atoms with E-state index in [0.29, 0.717) is 16.6 Å². The van der Waals surface area contributed by atoms with E-state index in [1.165, 1.54) is 10.9 Å². The lowest BCUT2D eigenvalue weighted by Gasteiger charge is -2.05. The molecule has 0 amide bonds. The molecule has 4 nitrogen and oxygen atoms in total. The highest BCUT2D eigenvalue weighted by Gasteiger charge is 2.06. The van der Waals surface area contributed by atoms with Crippen LogP contribution in [0.3, 0.4) is 0 Å². The number of benzene rings is 1. The van der Waals surface area contributed by atoms with Crippen LogP contribution < -0.4 is 11.3 Å². The third-order valence-corrected chi connectivity index (χ3v) is 2.39. The van der Waals surface area contributed by atoms with Crippen LogP contribution in [-0.4, -0.2) is 9.55 Å². The number of rotatable bonds is 0. The average Bonchev–Trinajstić information content (AvgIpc) is 2.17. The van der Waals surface area contributed by atoms with Crippen molar-refractivity contribution >= 4 is 16.6 Å². The second-order valence-corrected chi connectivity index (χ2v) is 3.33. The molecule has 4 heteroatoms. The molecule has 1 heterocycles. The van der Waals surface area contributed by atoms with Crippen molar-refractivity contribution in [1.29, 1.82) is 0 Å². The van der Waals surface area contributed by atoms with Gasteiger partial charge in [0.2, 0.25) is 0 Å². The minimum atomic E-state index is -0.0557. The quantitative estimate of drug-likeness (QED) is 0.624. The highest BCUT2D eigenvalue weighted by Crippen LogP contribution is 2.17. The third kappa shape index (κ3) is 1.08. The summed E-state index contributed by atoms with van der Waals surface area (Å²) in [7, 11) is 1.68. The number of fused-ring (bicyclic) bond motifs is 1. The Kier molecular flexibility index (Phi) is 1.77. The van der Waals surface area contributed by atoms with Gasteiger partial charge in [0.1, 0.15) is 0 Å². The van der Waals surface area contributed by atoms with E-state index in [2.05, 4.69) is 4.98 Å². The molecule has 0 aliphatic rings. The first-order chi connectivity index (χ1) is 6.61. The normalized spacial score (nSPS) is 10.7. The summed E-state index contributed by atoms with van der Waals surface area (Å²) in [6.45, 7) is 1.83. The summed E-state index contributed by atoms with van der Waals surface area (Å²) in [6, 6.07) is 3.53. The molecule has 14 heavy (non-hydrogen) atoms. The van der Waals surface area contributed by atoms with Crippen molar-refractivity contribution in [2.45, 2.75) is 6.92 Å². The SMILES string of the molecule is Cc1c(N)ccc2ncn(C)c(=O)c12. The summed E-state index contributed by atoms with van der Waals surface area (Å²) in [5, 5.41) is 0.606. The molecule has 1 aromatic carbocycles. The average molecular weight is 189 g/mol. The van der Waals surface area contributed by atoms with Crippen molar-refractivity contribution in [2.24, 2.45) is 7.05 Å². The van der Waals surface area contributed by atoms with Gasteiger partial charge in [-0.15, -0.1) is 0 Å². The Hall–Kier alpha value is -1.84. The molecule has 0 spiro atoms. The Morgan fingerprint density at radius 3 is 2.86 bits per heavy atom.